The predicted octanol–water partition coefficient (Wildman–Crippen LogP) is 2.83. The van der Waals surface area contributed by atoms with Crippen molar-refractivity contribution in [1.82, 2.24) is 0 Å². The zero-order valence-corrected chi connectivity index (χ0v) is 8.79. The Bertz CT molecular complexity index is 249. The van der Waals surface area contributed by atoms with E-state index in [2.05, 4.69) is 0 Å². The fourth-order valence-corrected chi connectivity index (χ4v) is 2.73. The van der Waals surface area contributed by atoms with Crippen LogP contribution in [0.2, 0.25) is 0 Å². The van der Waals surface area contributed by atoms with E-state index in [4.69, 9.17) is 4.74 Å². The van der Waals surface area contributed by atoms with Crippen LogP contribution in [-0.4, -0.2) is 12.1 Å². The standard InChI is InChI=1S/C12H18O2/c1-2-6-10-9-12(11(13)14-10)7-4-3-5-8-12/h2,6,10H,3-5,7-9H2,1H3/b6-2+. The molecule has 1 aliphatic heterocycles. The highest BCUT2D eigenvalue weighted by Crippen LogP contribution is 2.46. The van der Waals surface area contributed by atoms with Gasteiger partial charge in [-0.15, -0.1) is 0 Å². The van der Waals surface area contributed by atoms with Gasteiger partial charge in [-0.2, -0.15) is 0 Å². The molecule has 1 saturated carbocycles. The number of rotatable bonds is 1. The van der Waals surface area contributed by atoms with Gasteiger partial charge in [0, 0.05) is 6.42 Å². The van der Waals surface area contributed by atoms with E-state index < -0.39 is 0 Å². The zero-order valence-electron chi connectivity index (χ0n) is 8.79. The average Bonchev–Trinajstić information content (AvgIpc) is 2.45. The summed E-state index contributed by atoms with van der Waals surface area (Å²) in [6.45, 7) is 1.97. The largest absolute Gasteiger partial charge is 0.458 e. The summed E-state index contributed by atoms with van der Waals surface area (Å²) < 4.78 is 5.37. The van der Waals surface area contributed by atoms with Gasteiger partial charge in [0.2, 0.25) is 0 Å². The molecule has 14 heavy (non-hydrogen) atoms. The van der Waals surface area contributed by atoms with Crippen molar-refractivity contribution >= 4 is 5.97 Å². The highest BCUT2D eigenvalue weighted by molar-refractivity contribution is 5.79. The molecule has 1 heterocycles. The second-order valence-electron chi connectivity index (χ2n) is 4.51. The second kappa shape index (κ2) is 3.76. The van der Waals surface area contributed by atoms with Crippen molar-refractivity contribution < 1.29 is 9.53 Å². The average molecular weight is 194 g/mol. The van der Waals surface area contributed by atoms with Crippen molar-refractivity contribution in [2.75, 3.05) is 0 Å². The van der Waals surface area contributed by atoms with Crippen LogP contribution >= 0.6 is 0 Å². The molecule has 78 valence electrons. The number of carbonyl (C=O) groups excluding carboxylic acids is 1. The lowest BCUT2D eigenvalue weighted by Gasteiger charge is -2.28. The maximum absolute atomic E-state index is 11.8. The third-order valence-electron chi connectivity index (χ3n) is 3.50. The summed E-state index contributed by atoms with van der Waals surface area (Å²) >= 11 is 0. The smallest absolute Gasteiger partial charge is 0.312 e. The monoisotopic (exact) mass is 194 g/mol. The van der Waals surface area contributed by atoms with Gasteiger partial charge in [-0.1, -0.05) is 25.3 Å². The van der Waals surface area contributed by atoms with Gasteiger partial charge in [0.25, 0.3) is 0 Å². The van der Waals surface area contributed by atoms with E-state index in [1.807, 2.05) is 19.1 Å². The molecule has 2 aliphatic rings. The van der Waals surface area contributed by atoms with Crippen LogP contribution in [0.4, 0.5) is 0 Å². The number of cyclic esters (lactones) is 1. The summed E-state index contributed by atoms with van der Waals surface area (Å²) in [5, 5.41) is 0. The quantitative estimate of drug-likeness (QED) is 0.474. The highest BCUT2D eigenvalue weighted by Gasteiger charge is 2.48. The molecule has 1 aliphatic carbocycles. The summed E-state index contributed by atoms with van der Waals surface area (Å²) in [5.41, 5.74) is -0.109. The third-order valence-corrected chi connectivity index (χ3v) is 3.50. The molecule has 0 aromatic rings. The number of ether oxygens (including phenoxy) is 1. The fraction of sp³-hybridized carbons (Fsp3) is 0.750. The van der Waals surface area contributed by atoms with E-state index in [-0.39, 0.29) is 17.5 Å². The Kier molecular flexibility index (Phi) is 2.62. The summed E-state index contributed by atoms with van der Waals surface area (Å²) in [5.74, 6) is 0.0558. The zero-order chi connectivity index (χ0) is 10.0. The Hall–Kier alpha value is -0.790. The Balaban J connectivity index is 2.09. The van der Waals surface area contributed by atoms with Gasteiger partial charge >= 0.3 is 5.97 Å². The molecular formula is C12H18O2. The first-order chi connectivity index (χ1) is 6.77. The Labute approximate surface area is 85.3 Å². The van der Waals surface area contributed by atoms with Gasteiger partial charge in [-0.25, -0.2) is 0 Å². The summed E-state index contributed by atoms with van der Waals surface area (Å²) in [4.78, 5) is 11.8. The molecule has 1 saturated heterocycles. The van der Waals surface area contributed by atoms with Crippen LogP contribution in [0.3, 0.4) is 0 Å². The normalized spacial score (nSPS) is 31.2. The lowest BCUT2D eigenvalue weighted by Crippen LogP contribution is -2.28. The molecule has 0 aromatic heterocycles. The molecule has 0 N–H and O–H groups in total. The molecule has 0 amide bonds. The maximum Gasteiger partial charge on any atom is 0.312 e. The molecule has 2 fully saturated rings. The van der Waals surface area contributed by atoms with Gasteiger partial charge in [0.15, 0.2) is 0 Å². The van der Waals surface area contributed by atoms with Crippen molar-refractivity contribution in [3.8, 4) is 0 Å². The summed E-state index contributed by atoms with van der Waals surface area (Å²) in [6.07, 6.45) is 10.7. The van der Waals surface area contributed by atoms with Crippen LogP contribution < -0.4 is 0 Å². The number of carbonyl (C=O) groups is 1. The van der Waals surface area contributed by atoms with E-state index in [0.717, 1.165) is 19.3 Å². The predicted molar refractivity (Wildman–Crippen MR) is 54.8 cm³/mol. The lowest BCUT2D eigenvalue weighted by atomic mass is 9.72. The first-order valence-corrected chi connectivity index (χ1v) is 5.61. The molecule has 2 nitrogen and oxygen atoms in total. The van der Waals surface area contributed by atoms with Crippen molar-refractivity contribution in [2.24, 2.45) is 5.41 Å². The van der Waals surface area contributed by atoms with Crippen molar-refractivity contribution in [3.05, 3.63) is 12.2 Å². The number of allylic oxidation sites excluding steroid dienone is 1. The Morgan fingerprint density at radius 1 is 1.36 bits per heavy atom. The fourth-order valence-electron chi connectivity index (χ4n) is 2.73. The first-order valence-electron chi connectivity index (χ1n) is 5.61. The van der Waals surface area contributed by atoms with Crippen molar-refractivity contribution in [3.63, 3.8) is 0 Å². The minimum Gasteiger partial charge on any atom is -0.458 e. The first kappa shape index (κ1) is 9.75. The van der Waals surface area contributed by atoms with Crippen LogP contribution in [-0.2, 0) is 9.53 Å². The molecule has 1 spiro atoms. The topological polar surface area (TPSA) is 26.3 Å². The van der Waals surface area contributed by atoms with E-state index in [1.54, 1.807) is 0 Å². The molecule has 0 aromatic carbocycles. The van der Waals surface area contributed by atoms with Gasteiger partial charge < -0.3 is 4.74 Å². The van der Waals surface area contributed by atoms with Crippen LogP contribution in [0.5, 0.6) is 0 Å². The molecule has 2 heteroatoms. The number of esters is 1. The van der Waals surface area contributed by atoms with Gasteiger partial charge in [-0.3, -0.25) is 4.79 Å². The molecule has 0 radical (unpaired) electrons. The number of hydrogen-bond acceptors (Lipinski definition) is 2. The molecule has 2 rings (SSSR count). The summed E-state index contributed by atoms with van der Waals surface area (Å²) in [6, 6.07) is 0. The molecule has 1 atom stereocenters. The third kappa shape index (κ3) is 1.58. The van der Waals surface area contributed by atoms with Gasteiger partial charge in [0.1, 0.15) is 6.10 Å². The van der Waals surface area contributed by atoms with E-state index in [0.29, 0.717) is 0 Å². The maximum atomic E-state index is 11.8. The van der Waals surface area contributed by atoms with Crippen LogP contribution in [0.15, 0.2) is 12.2 Å². The van der Waals surface area contributed by atoms with E-state index in [1.165, 1.54) is 19.3 Å². The van der Waals surface area contributed by atoms with Crippen molar-refractivity contribution in [1.29, 1.82) is 0 Å². The second-order valence-corrected chi connectivity index (χ2v) is 4.51. The Morgan fingerprint density at radius 2 is 2.07 bits per heavy atom. The number of hydrogen-bond donors (Lipinski definition) is 0. The minimum atomic E-state index is -0.109. The molecule has 1 unspecified atom stereocenters. The van der Waals surface area contributed by atoms with Crippen LogP contribution in [0.1, 0.15) is 45.4 Å². The SMILES string of the molecule is C/C=C/C1CC2(CCCCC2)C(=O)O1. The molecular weight excluding hydrogens is 176 g/mol. The molecule has 0 bridgehead atoms. The van der Waals surface area contributed by atoms with Gasteiger partial charge in [-0.05, 0) is 25.8 Å². The van der Waals surface area contributed by atoms with Gasteiger partial charge in [0.05, 0.1) is 5.41 Å². The van der Waals surface area contributed by atoms with Crippen LogP contribution in [0, 0.1) is 5.41 Å². The minimum absolute atomic E-state index is 0.0469. The lowest BCUT2D eigenvalue weighted by molar-refractivity contribution is -0.149. The van der Waals surface area contributed by atoms with E-state index in [9.17, 15) is 4.79 Å². The summed E-state index contributed by atoms with van der Waals surface area (Å²) in [7, 11) is 0. The van der Waals surface area contributed by atoms with Crippen molar-refractivity contribution in [2.45, 2.75) is 51.6 Å². The van der Waals surface area contributed by atoms with Crippen LogP contribution in [0.25, 0.3) is 0 Å². The highest BCUT2D eigenvalue weighted by atomic mass is 16.6. The van der Waals surface area contributed by atoms with E-state index >= 15 is 0 Å². The Morgan fingerprint density at radius 3 is 2.71 bits per heavy atom.